The van der Waals surface area contributed by atoms with E-state index in [1.165, 1.54) is 5.69 Å². The number of hydrogen-bond acceptors (Lipinski definition) is 4. The Morgan fingerprint density at radius 1 is 1.00 bits per heavy atom. The van der Waals surface area contributed by atoms with Crippen molar-refractivity contribution in [2.45, 2.75) is 19.6 Å². The third kappa shape index (κ3) is 3.98. The van der Waals surface area contributed by atoms with Gasteiger partial charge in [0.1, 0.15) is 5.75 Å². The number of rotatable bonds is 5. The zero-order valence-corrected chi connectivity index (χ0v) is 15.6. The van der Waals surface area contributed by atoms with Crippen LogP contribution in [0.15, 0.2) is 65.5 Å². The number of hydrogen-bond donors (Lipinski definition) is 1. The van der Waals surface area contributed by atoms with Crippen LogP contribution < -0.4 is 15.2 Å². The van der Waals surface area contributed by atoms with Crippen LogP contribution in [0.4, 0.5) is 5.69 Å². The predicted molar refractivity (Wildman–Crippen MR) is 110 cm³/mol. The summed E-state index contributed by atoms with van der Waals surface area (Å²) in [4.78, 5) is 19.2. The Morgan fingerprint density at radius 2 is 1.74 bits per heavy atom. The highest BCUT2D eigenvalue weighted by Gasteiger charge is 2.24. The van der Waals surface area contributed by atoms with Crippen LogP contribution in [0.25, 0.3) is 10.9 Å². The summed E-state index contributed by atoms with van der Waals surface area (Å²) >= 11 is 0. The number of para-hydroxylation sites is 1. The molecule has 2 aromatic carbocycles. The SMILES string of the molecule is CCC(Oc1ccc2ccc(=O)[nH]c2c1)N1CCN(c2ccccc2)CC1. The van der Waals surface area contributed by atoms with E-state index < -0.39 is 0 Å². The van der Waals surface area contributed by atoms with Crippen molar-refractivity contribution in [1.82, 2.24) is 9.88 Å². The number of benzene rings is 2. The van der Waals surface area contributed by atoms with Gasteiger partial charge >= 0.3 is 0 Å². The first kappa shape index (κ1) is 17.6. The van der Waals surface area contributed by atoms with E-state index in [1.54, 1.807) is 6.07 Å². The Kier molecular flexibility index (Phi) is 5.12. The van der Waals surface area contributed by atoms with Crippen molar-refractivity contribution in [3.8, 4) is 5.75 Å². The van der Waals surface area contributed by atoms with Crippen LogP contribution in [0.3, 0.4) is 0 Å². The van der Waals surface area contributed by atoms with Crippen molar-refractivity contribution >= 4 is 16.6 Å². The minimum absolute atomic E-state index is 0.0378. The standard InChI is InChI=1S/C22H25N3O2/c1-2-22(25-14-12-24(13-15-25)18-6-4-3-5-7-18)27-19-10-8-17-9-11-21(26)23-20(17)16-19/h3-11,16,22H,2,12-15H2,1H3,(H,23,26). The molecule has 0 bridgehead atoms. The molecular formula is C22H25N3O2. The molecular weight excluding hydrogens is 338 g/mol. The molecule has 1 N–H and O–H groups in total. The molecule has 0 aliphatic carbocycles. The number of piperazine rings is 1. The topological polar surface area (TPSA) is 48.6 Å². The van der Waals surface area contributed by atoms with Crippen molar-refractivity contribution in [3.05, 3.63) is 71.0 Å². The molecule has 1 aliphatic rings. The van der Waals surface area contributed by atoms with Crippen molar-refractivity contribution in [1.29, 1.82) is 0 Å². The molecule has 3 aromatic rings. The molecule has 5 heteroatoms. The number of fused-ring (bicyclic) bond motifs is 1. The summed E-state index contributed by atoms with van der Waals surface area (Å²) in [5.74, 6) is 0.793. The first-order chi connectivity index (χ1) is 13.2. The number of H-pyrrole nitrogens is 1. The highest BCUT2D eigenvalue weighted by atomic mass is 16.5. The third-order valence-corrected chi connectivity index (χ3v) is 5.16. The summed E-state index contributed by atoms with van der Waals surface area (Å²) in [5.41, 5.74) is 2.00. The molecule has 1 atom stereocenters. The number of aromatic nitrogens is 1. The Morgan fingerprint density at radius 3 is 2.48 bits per heavy atom. The van der Waals surface area contributed by atoms with Crippen LogP contribution in [0.2, 0.25) is 0 Å². The molecule has 2 heterocycles. The van der Waals surface area contributed by atoms with E-state index in [9.17, 15) is 4.79 Å². The number of nitrogens with zero attached hydrogens (tertiary/aromatic N) is 2. The maximum Gasteiger partial charge on any atom is 0.248 e. The number of nitrogens with one attached hydrogen (secondary N) is 1. The normalized spacial score (nSPS) is 16.4. The molecule has 140 valence electrons. The molecule has 0 amide bonds. The van der Waals surface area contributed by atoms with Gasteiger partial charge in [-0.15, -0.1) is 0 Å². The fourth-order valence-corrected chi connectivity index (χ4v) is 3.68. The van der Waals surface area contributed by atoms with Gasteiger partial charge in [-0.1, -0.05) is 25.1 Å². The maximum atomic E-state index is 11.6. The number of pyridine rings is 1. The van der Waals surface area contributed by atoms with E-state index in [-0.39, 0.29) is 11.8 Å². The van der Waals surface area contributed by atoms with E-state index >= 15 is 0 Å². The van der Waals surface area contributed by atoms with Gasteiger partial charge in [-0.05, 0) is 42.1 Å². The second-order valence-corrected chi connectivity index (χ2v) is 6.91. The summed E-state index contributed by atoms with van der Waals surface area (Å²) in [6.45, 7) is 6.08. The lowest BCUT2D eigenvalue weighted by atomic mass is 10.2. The first-order valence-corrected chi connectivity index (χ1v) is 9.57. The lowest BCUT2D eigenvalue weighted by Crippen LogP contribution is -2.52. The zero-order chi connectivity index (χ0) is 18.6. The minimum Gasteiger partial charge on any atom is -0.475 e. The summed E-state index contributed by atoms with van der Waals surface area (Å²) in [6.07, 6.45) is 0.949. The summed E-state index contributed by atoms with van der Waals surface area (Å²) in [5, 5.41) is 1.01. The van der Waals surface area contributed by atoms with Gasteiger partial charge < -0.3 is 14.6 Å². The van der Waals surface area contributed by atoms with Crippen LogP contribution in [0.5, 0.6) is 5.75 Å². The summed E-state index contributed by atoms with van der Waals surface area (Å²) < 4.78 is 6.28. The van der Waals surface area contributed by atoms with Crippen molar-refractivity contribution in [2.24, 2.45) is 0 Å². The molecule has 0 saturated carbocycles. The van der Waals surface area contributed by atoms with E-state index in [1.807, 2.05) is 24.3 Å². The third-order valence-electron chi connectivity index (χ3n) is 5.16. The van der Waals surface area contributed by atoms with Crippen molar-refractivity contribution < 1.29 is 4.74 Å². The van der Waals surface area contributed by atoms with E-state index in [0.29, 0.717) is 0 Å². The largest absolute Gasteiger partial charge is 0.475 e. The monoisotopic (exact) mass is 363 g/mol. The number of ether oxygens (including phenoxy) is 1. The van der Waals surface area contributed by atoms with Gasteiger partial charge in [0.2, 0.25) is 5.56 Å². The van der Waals surface area contributed by atoms with Crippen LogP contribution in [-0.4, -0.2) is 42.3 Å². The Bertz CT molecular complexity index is 946. The molecule has 1 aliphatic heterocycles. The predicted octanol–water partition coefficient (Wildman–Crippen LogP) is 3.47. The molecule has 0 radical (unpaired) electrons. The van der Waals surface area contributed by atoms with E-state index in [2.05, 4.69) is 52.0 Å². The molecule has 0 spiro atoms. The van der Waals surface area contributed by atoms with E-state index in [0.717, 1.165) is 49.3 Å². The van der Waals surface area contributed by atoms with Gasteiger partial charge in [-0.25, -0.2) is 0 Å². The highest BCUT2D eigenvalue weighted by Crippen LogP contribution is 2.22. The second kappa shape index (κ2) is 7.84. The van der Waals surface area contributed by atoms with Crippen molar-refractivity contribution in [3.63, 3.8) is 0 Å². The van der Waals surface area contributed by atoms with Crippen LogP contribution in [0.1, 0.15) is 13.3 Å². The van der Waals surface area contributed by atoms with Gasteiger partial charge in [-0.3, -0.25) is 9.69 Å². The molecule has 1 saturated heterocycles. The van der Waals surface area contributed by atoms with Gasteiger partial charge in [0.15, 0.2) is 6.23 Å². The van der Waals surface area contributed by atoms with E-state index in [4.69, 9.17) is 4.74 Å². The molecule has 5 nitrogen and oxygen atoms in total. The minimum atomic E-state index is -0.0938. The van der Waals surface area contributed by atoms with Gasteiger partial charge in [0, 0.05) is 44.0 Å². The molecule has 1 fully saturated rings. The molecule has 1 aromatic heterocycles. The maximum absolute atomic E-state index is 11.6. The lowest BCUT2D eigenvalue weighted by Gasteiger charge is -2.39. The number of aromatic amines is 1. The van der Waals surface area contributed by atoms with Crippen LogP contribution in [0, 0.1) is 0 Å². The fourth-order valence-electron chi connectivity index (χ4n) is 3.68. The average molecular weight is 363 g/mol. The second-order valence-electron chi connectivity index (χ2n) is 6.91. The highest BCUT2D eigenvalue weighted by molar-refractivity contribution is 5.79. The number of anilines is 1. The summed E-state index contributed by atoms with van der Waals surface area (Å²) in [6, 6.07) is 19.8. The smallest absolute Gasteiger partial charge is 0.248 e. The van der Waals surface area contributed by atoms with Crippen molar-refractivity contribution in [2.75, 3.05) is 31.1 Å². The molecule has 1 unspecified atom stereocenters. The molecule has 4 rings (SSSR count). The quantitative estimate of drug-likeness (QED) is 0.754. The molecule has 27 heavy (non-hydrogen) atoms. The Balaban J connectivity index is 1.43. The van der Waals surface area contributed by atoms with Crippen LogP contribution >= 0.6 is 0 Å². The van der Waals surface area contributed by atoms with Gasteiger partial charge in [0.25, 0.3) is 0 Å². The average Bonchev–Trinajstić information content (AvgIpc) is 2.72. The van der Waals surface area contributed by atoms with Crippen LogP contribution in [-0.2, 0) is 0 Å². The lowest BCUT2D eigenvalue weighted by molar-refractivity contribution is 0.0186. The van der Waals surface area contributed by atoms with Gasteiger partial charge in [-0.2, -0.15) is 0 Å². The fraction of sp³-hybridized carbons (Fsp3) is 0.318. The summed E-state index contributed by atoms with van der Waals surface area (Å²) in [7, 11) is 0. The Labute approximate surface area is 159 Å². The Hall–Kier alpha value is -2.79. The zero-order valence-electron chi connectivity index (χ0n) is 15.6. The van der Waals surface area contributed by atoms with Gasteiger partial charge in [0.05, 0.1) is 5.52 Å². The first-order valence-electron chi connectivity index (χ1n) is 9.57.